The van der Waals surface area contributed by atoms with Crippen LogP contribution in [0.1, 0.15) is 12.7 Å². The summed E-state index contributed by atoms with van der Waals surface area (Å²) in [7, 11) is 0. The predicted octanol–water partition coefficient (Wildman–Crippen LogP) is 5.38. The highest BCUT2D eigenvalue weighted by Gasteiger charge is 2.14. The lowest BCUT2D eigenvalue weighted by molar-refractivity contribution is 0.352. The van der Waals surface area contributed by atoms with Gasteiger partial charge in [0.1, 0.15) is 23.7 Å². The zero-order valence-corrected chi connectivity index (χ0v) is 14.3. The van der Waals surface area contributed by atoms with Crippen LogP contribution in [0.15, 0.2) is 63.8 Å². The first-order valence-electron chi connectivity index (χ1n) is 7.56. The number of aryl methyl sites for hydroxylation is 1. The van der Waals surface area contributed by atoms with E-state index in [1.165, 1.54) is 0 Å². The van der Waals surface area contributed by atoms with E-state index in [0.717, 1.165) is 11.1 Å². The van der Waals surface area contributed by atoms with Gasteiger partial charge in [0.05, 0.1) is 10.9 Å². The van der Waals surface area contributed by atoms with Crippen molar-refractivity contribution in [2.45, 2.75) is 13.8 Å². The fourth-order valence-electron chi connectivity index (χ4n) is 2.53. The molecule has 3 nitrogen and oxygen atoms in total. The van der Waals surface area contributed by atoms with E-state index in [1.54, 1.807) is 37.3 Å². The molecule has 2 aromatic carbocycles. The van der Waals surface area contributed by atoms with Crippen LogP contribution in [0.5, 0.6) is 5.75 Å². The summed E-state index contributed by atoms with van der Waals surface area (Å²) in [4.78, 5) is 12.9. The molecule has 0 aliphatic heterocycles. The Bertz CT molecular complexity index is 969. The third kappa shape index (κ3) is 3.22. The van der Waals surface area contributed by atoms with Crippen molar-refractivity contribution < 1.29 is 9.15 Å². The molecule has 0 saturated heterocycles. The van der Waals surface area contributed by atoms with Crippen LogP contribution in [0.4, 0.5) is 0 Å². The highest BCUT2D eigenvalue weighted by molar-refractivity contribution is 6.30. The van der Waals surface area contributed by atoms with Crippen LogP contribution in [0.3, 0.4) is 0 Å². The summed E-state index contributed by atoms with van der Waals surface area (Å²) in [6.45, 7) is 7.91. The van der Waals surface area contributed by atoms with Gasteiger partial charge >= 0.3 is 0 Å². The highest BCUT2D eigenvalue weighted by Crippen LogP contribution is 2.27. The zero-order chi connectivity index (χ0) is 17.3. The Morgan fingerprint density at radius 2 is 1.92 bits per heavy atom. The van der Waals surface area contributed by atoms with Gasteiger partial charge in [0.2, 0.25) is 5.43 Å². The monoisotopic (exact) mass is 340 g/mol. The summed E-state index contributed by atoms with van der Waals surface area (Å²) in [5, 5.41) is 1.15. The van der Waals surface area contributed by atoms with Crippen LogP contribution in [0.25, 0.3) is 22.1 Å². The molecule has 0 aliphatic carbocycles. The molecule has 0 fully saturated rings. The van der Waals surface area contributed by atoms with Gasteiger partial charge in [-0.25, -0.2) is 0 Å². The topological polar surface area (TPSA) is 39.4 Å². The van der Waals surface area contributed by atoms with Gasteiger partial charge in [0.25, 0.3) is 0 Å². The molecule has 0 aliphatic rings. The van der Waals surface area contributed by atoms with Crippen molar-refractivity contribution >= 4 is 22.6 Å². The standard InChI is InChI=1S/C20H17ClO3/c1-12(2)11-23-16-8-9-17-18(10-16)24-13(3)19(20(17)22)14-4-6-15(21)7-5-14/h4-10H,1,11H2,2-3H3. The van der Waals surface area contributed by atoms with E-state index in [1.807, 2.05) is 19.1 Å². The Kier molecular flexibility index (Phi) is 4.45. The average Bonchev–Trinajstić information content (AvgIpc) is 2.54. The molecule has 1 aromatic heterocycles. The first-order valence-corrected chi connectivity index (χ1v) is 7.94. The van der Waals surface area contributed by atoms with Gasteiger partial charge in [0.15, 0.2) is 0 Å². The number of ether oxygens (including phenoxy) is 1. The third-order valence-electron chi connectivity index (χ3n) is 3.66. The molecule has 3 rings (SSSR count). The van der Waals surface area contributed by atoms with Crippen LogP contribution >= 0.6 is 11.6 Å². The predicted molar refractivity (Wildman–Crippen MR) is 98.0 cm³/mol. The number of rotatable bonds is 4. The van der Waals surface area contributed by atoms with Crippen LogP contribution in [0.2, 0.25) is 5.02 Å². The smallest absolute Gasteiger partial charge is 0.200 e. The summed E-state index contributed by atoms with van der Waals surface area (Å²) < 4.78 is 11.5. The van der Waals surface area contributed by atoms with Gasteiger partial charge in [-0.2, -0.15) is 0 Å². The third-order valence-corrected chi connectivity index (χ3v) is 3.91. The fourth-order valence-corrected chi connectivity index (χ4v) is 2.66. The lowest BCUT2D eigenvalue weighted by atomic mass is 10.0. The summed E-state index contributed by atoms with van der Waals surface area (Å²) in [6.07, 6.45) is 0. The van der Waals surface area contributed by atoms with Crippen LogP contribution in [-0.4, -0.2) is 6.61 Å². The van der Waals surface area contributed by atoms with Crippen molar-refractivity contribution in [1.82, 2.24) is 0 Å². The normalized spacial score (nSPS) is 10.8. The van der Waals surface area contributed by atoms with E-state index in [4.69, 9.17) is 20.8 Å². The minimum Gasteiger partial charge on any atom is -0.489 e. The Balaban J connectivity index is 2.10. The zero-order valence-electron chi connectivity index (χ0n) is 13.6. The lowest BCUT2D eigenvalue weighted by Gasteiger charge is -2.09. The number of hydrogen-bond acceptors (Lipinski definition) is 3. The maximum absolute atomic E-state index is 12.9. The minimum absolute atomic E-state index is 0.0671. The maximum Gasteiger partial charge on any atom is 0.200 e. The largest absolute Gasteiger partial charge is 0.489 e. The highest BCUT2D eigenvalue weighted by atomic mass is 35.5. The van der Waals surface area contributed by atoms with Gasteiger partial charge in [-0.05, 0) is 49.2 Å². The van der Waals surface area contributed by atoms with Gasteiger partial charge < -0.3 is 9.15 Å². The molecule has 4 heteroatoms. The van der Waals surface area contributed by atoms with Crippen LogP contribution in [-0.2, 0) is 0 Å². The van der Waals surface area contributed by atoms with E-state index in [0.29, 0.717) is 39.7 Å². The molecule has 24 heavy (non-hydrogen) atoms. The molecule has 0 radical (unpaired) electrons. The lowest BCUT2D eigenvalue weighted by Crippen LogP contribution is -2.07. The maximum atomic E-state index is 12.9. The SMILES string of the molecule is C=C(C)COc1ccc2c(=O)c(-c3ccc(Cl)cc3)c(C)oc2c1. The molecule has 3 aromatic rings. The Hall–Kier alpha value is -2.52. The molecular weight excluding hydrogens is 324 g/mol. The first-order chi connectivity index (χ1) is 11.5. The van der Waals surface area contributed by atoms with E-state index in [9.17, 15) is 4.79 Å². The Morgan fingerprint density at radius 1 is 1.21 bits per heavy atom. The van der Waals surface area contributed by atoms with E-state index < -0.39 is 0 Å². The molecule has 122 valence electrons. The van der Waals surface area contributed by atoms with E-state index in [2.05, 4.69) is 6.58 Å². The summed E-state index contributed by atoms with van der Waals surface area (Å²) in [5.74, 6) is 1.21. The van der Waals surface area contributed by atoms with E-state index in [-0.39, 0.29) is 5.43 Å². The second-order valence-electron chi connectivity index (χ2n) is 5.77. The number of hydrogen-bond donors (Lipinski definition) is 0. The quantitative estimate of drug-likeness (QED) is 0.599. The average molecular weight is 341 g/mol. The fraction of sp³-hybridized carbons (Fsp3) is 0.150. The van der Waals surface area contributed by atoms with Gasteiger partial charge in [0, 0.05) is 11.1 Å². The van der Waals surface area contributed by atoms with Crippen molar-refractivity contribution in [3.63, 3.8) is 0 Å². The van der Waals surface area contributed by atoms with Crippen molar-refractivity contribution in [3.8, 4) is 16.9 Å². The van der Waals surface area contributed by atoms with E-state index >= 15 is 0 Å². The summed E-state index contributed by atoms with van der Waals surface area (Å²) >= 11 is 5.92. The first kappa shape index (κ1) is 16.3. The molecule has 0 saturated carbocycles. The molecule has 0 unspecified atom stereocenters. The molecule has 0 N–H and O–H groups in total. The van der Waals surface area contributed by atoms with Crippen LogP contribution in [0, 0.1) is 6.92 Å². The molecule has 0 spiro atoms. The molecule has 0 bridgehead atoms. The molecular formula is C20H17ClO3. The van der Waals surface area contributed by atoms with Crippen molar-refractivity contribution in [2.75, 3.05) is 6.61 Å². The van der Waals surface area contributed by atoms with Crippen LogP contribution < -0.4 is 10.2 Å². The number of fused-ring (bicyclic) bond motifs is 1. The van der Waals surface area contributed by atoms with Gasteiger partial charge in [-0.15, -0.1) is 0 Å². The number of benzene rings is 2. The second-order valence-corrected chi connectivity index (χ2v) is 6.21. The second kappa shape index (κ2) is 6.54. The molecule has 0 atom stereocenters. The van der Waals surface area contributed by atoms with Gasteiger partial charge in [-0.3, -0.25) is 4.79 Å². The van der Waals surface area contributed by atoms with Crippen molar-refractivity contribution in [3.05, 3.63) is 75.6 Å². The summed E-state index contributed by atoms with van der Waals surface area (Å²) in [6, 6.07) is 12.4. The number of halogens is 1. The summed E-state index contributed by atoms with van der Waals surface area (Å²) in [5.41, 5.74) is 2.70. The Labute approximate surface area is 145 Å². The van der Waals surface area contributed by atoms with Gasteiger partial charge in [-0.1, -0.05) is 30.3 Å². The Morgan fingerprint density at radius 3 is 2.58 bits per heavy atom. The van der Waals surface area contributed by atoms with Crippen molar-refractivity contribution in [1.29, 1.82) is 0 Å². The minimum atomic E-state index is -0.0671. The molecule has 0 amide bonds. The van der Waals surface area contributed by atoms with Crippen molar-refractivity contribution in [2.24, 2.45) is 0 Å². The molecule has 1 heterocycles.